The van der Waals surface area contributed by atoms with Crippen LogP contribution in [0, 0.1) is 0 Å². The van der Waals surface area contributed by atoms with Crippen molar-refractivity contribution in [2.75, 3.05) is 0 Å². The van der Waals surface area contributed by atoms with Crippen molar-refractivity contribution in [1.82, 2.24) is 0 Å². The lowest BCUT2D eigenvalue weighted by Crippen LogP contribution is -2.56. The molecule has 0 aromatic heterocycles. The van der Waals surface area contributed by atoms with Gasteiger partial charge in [0.25, 0.3) is 0 Å². The molecule has 1 aliphatic carbocycles. The highest BCUT2D eigenvalue weighted by molar-refractivity contribution is 7.45. The minimum atomic E-state index is 0.336. The lowest BCUT2D eigenvalue weighted by atomic mass is 9.83. The summed E-state index contributed by atoms with van der Waals surface area (Å²) in [6, 6.07) is 0. The summed E-state index contributed by atoms with van der Waals surface area (Å²) in [7, 11) is 11.6. The predicted molar refractivity (Wildman–Crippen MR) is 58.4 cm³/mol. The van der Waals surface area contributed by atoms with E-state index in [0.717, 1.165) is 5.66 Å². The van der Waals surface area contributed by atoms with Crippen molar-refractivity contribution in [3.8, 4) is 0 Å². The van der Waals surface area contributed by atoms with Crippen molar-refractivity contribution in [1.29, 1.82) is 0 Å². The average molecular weight is 198 g/mol. The summed E-state index contributed by atoms with van der Waals surface area (Å²) < 4.78 is 0. The third kappa shape index (κ3) is 1.23. The third-order valence-electron chi connectivity index (χ3n) is 2.25. The first-order valence-electron chi connectivity index (χ1n) is 3.00. The summed E-state index contributed by atoms with van der Waals surface area (Å²) in [5, 5.41) is 0.411. The van der Waals surface area contributed by atoms with Crippen LogP contribution in [0.5, 0.6) is 0 Å². The Hall–Kier alpha value is 1.72. The van der Waals surface area contributed by atoms with Crippen molar-refractivity contribution in [2.24, 2.45) is 0 Å². The molecule has 1 fully saturated rings. The van der Waals surface area contributed by atoms with Gasteiger partial charge in [-0.3, -0.25) is 0 Å². The highest BCUT2D eigenvalue weighted by atomic mass is 31.1. The van der Waals surface area contributed by atoms with Gasteiger partial charge in [0.15, 0.2) is 0 Å². The molecule has 0 spiro atoms. The first kappa shape index (κ1) is 8.81. The van der Waals surface area contributed by atoms with E-state index < -0.39 is 0 Å². The van der Waals surface area contributed by atoms with Gasteiger partial charge in [-0.25, -0.2) is 0 Å². The smallest absolute Gasteiger partial charge is 0.0143 e. The van der Waals surface area contributed by atoms with Crippen LogP contribution in [0.1, 0.15) is 13.3 Å². The Bertz CT molecular complexity index is 129. The van der Waals surface area contributed by atoms with Crippen LogP contribution in [-0.2, 0) is 0 Å². The topological polar surface area (TPSA) is 0 Å². The normalized spacial score (nSPS) is 48.3. The molecule has 0 N–H and O–H groups in total. The van der Waals surface area contributed by atoms with Crippen molar-refractivity contribution in [3.05, 3.63) is 0 Å². The monoisotopic (exact) mass is 198 g/mol. The van der Waals surface area contributed by atoms with Gasteiger partial charge in [0.2, 0.25) is 0 Å². The van der Waals surface area contributed by atoms with E-state index in [-0.39, 0.29) is 0 Å². The molecule has 6 unspecified atom stereocenters. The molecule has 54 valence electrons. The summed E-state index contributed by atoms with van der Waals surface area (Å²) >= 11 is 0. The Morgan fingerprint density at radius 2 is 1.78 bits per heavy atom. The Kier molecular flexibility index (Phi) is 2.30. The second-order valence-corrected chi connectivity index (χ2v) is 7.82. The van der Waals surface area contributed by atoms with Crippen LogP contribution in [-0.4, -0.2) is 15.7 Å². The zero-order valence-corrected chi connectivity index (χ0v) is 10.2. The molecule has 1 aliphatic rings. The molecule has 0 bridgehead atoms. The lowest BCUT2D eigenvalue weighted by Gasteiger charge is -2.56. The van der Waals surface area contributed by atoms with Gasteiger partial charge in [0.05, 0.1) is 0 Å². The molecule has 6 atom stereocenters. The number of hydrogen-bond donors (Lipinski definition) is 0. The van der Waals surface area contributed by atoms with Crippen molar-refractivity contribution < 1.29 is 0 Å². The third-order valence-corrected chi connectivity index (χ3v) is 7.38. The van der Waals surface area contributed by atoms with Crippen molar-refractivity contribution in [3.63, 3.8) is 0 Å². The number of hydrogen-bond acceptors (Lipinski definition) is 0. The molecular weight excluding hydrogens is 184 g/mol. The van der Waals surface area contributed by atoms with E-state index in [1.807, 2.05) is 0 Å². The molecule has 1 rings (SSSR count). The Morgan fingerprint density at radius 3 is 1.78 bits per heavy atom. The summed E-state index contributed by atoms with van der Waals surface area (Å²) in [4.78, 5) is 0.336. The summed E-state index contributed by atoms with van der Waals surface area (Å²) in [5.41, 5.74) is 0.745. The SMILES string of the molecule is CC1(P)CC(P)C1(P)P. The molecule has 0 heterocycles. The maximum atomic E-state index is 2.92. The van der Waals surface area contributed by atoms with Crippen LogP contribution >= 0.6 is 37.0 Å². The predicted octanol–water partition coefficient (Wildman–Crippen LogP) is 1.71. The molecule has 0 amide bonds. The van der Waals surface area contributed by atoms with Gasteiger partial charge in [-0.2, -0.15) is 0 Å². The van der Waals surface area contributed by atoms with Crippen molar-refractivity contribution >= 4 is 37.0 Å². The highest BCUT2D eigenvalue weighted by Crippen LogP contribution is 2.61. The van der Waals surface area contributed by atoms with Gasteiger partial charge in [0, 0.05) is 4.90 Å². The molecular formula is C5H14P4. The average Bonchev–Trinajstić information content (AvgIpc) is 1.65. The van der Waals surface area contributed by atoms with Crippen LogP contribution in [0.2, 0.25) is 0 Å². The van der Waals surface area contributed by atoms with E-state index in [9.17, 15) is 0 Å². The molecule has 0 radical (unpaired) electrons. The maximum Gasteiger partial charge on any atom is 0.0143 e. The van der Waals surface area contributed by atoms with Crippen LogP contribution in [0.25, 0.3) is 0 Å². The second-order valence-electron chi connectivity index (χ2n) is 3.16. The van der Waals surface area contributed by atoms with Gasteiger partial charge in [-0.1, -0.05) is 6.92 Å². The molecule has 9 heavy (non-hydrogen) atoms. The first-order chi connectivity index (χ1) is 3.88. The van der Waals surface area contributed by atoms with E-state index in [0.29, 0.717) is 10.1 Å². The molecule has 1 saturated carbocycles. The van der Waals surface area contributed by atoms with Crippen LogP contribution in [0.4, 0.5) is 0 Å². The van der Waals surface area contributed by atoms with E-state index in [1.165, 1.54) is 6.42 Å². The van der Waals surface area contributed by atoms with Crippen LogP contribution in [0.3, 0.4) is 0 Å². The highest BCUT2D eigenvalue weighted by Gasteiger charge is 2.52. The van der Waals surface area contributed by atoms with Gasteiger partial charge >= 0.3 is 0 Å². The molecule has 0 aromatic carbocycles. The van der Waals surface area contributed by atoms with Crippen LogP contribution < -0.4 is 0 Å². The fourth-order valence-corrected chi connectivity index (χ4v) is 3.37. The van der Waals surface area contributed by atoms with Gasteiger partial charge in [-0.15, -0.1) is 37.0 Å². The summed E-state index contributed by atoms with van der Waals surface area (Å²) in [5.74, 6) is 0. The fourth-order valence-electron chi connectivity index (χ4n) is 1.09. The van der Waals surface area contributed by atoms with Crippen LogP contribution in [0.15, 0.2) is 0 Å². The zero-order valence-electron chi connectivity index (χ0n) is 5.59. The largest absolute Gasteiger partial charge is 0.133 e. The molecule has 0 aromatic rings. The van der Waals surface area contributed by atoms with E-state index in [4.69, 9.17) is 0 Å². The van der Waals surface area contributed by atoms with Crippen molar-refractivity contribution in [2.45, 2.75) is 29.1 Å². The van der Waals surface area contributed by atoms with E-state index in [1.54, 1.807) is 0 Å². The maximum absolute atomic E-state index is 2.92. The second kappa shape index (κ2) is 2.35. The quantitative estimate of drug-likeness (QED) is 0.520. The fraction of sp³-hybridized carbons (Fsp3) is 1.00. The van der Waals surface area contributed by atoms with E-state index >= 15 is 0 Å². The van der Waals surface area contributed by atoms with Gasteiger partial charge in [0.1, 0.15) is 0 Å². The Labute approximate surface area is 66.5 Å². The first-order valence-corrected chi connectivity index (χ1v) is 5.40. The van der Waals surface area contributed by atoms with Gasteiger partial charge < -0.3 is 0 Å². The van der Waals surface area contributed by atoms with E-state index in [2.05, 4.69) is 43.9 Å². The Balaban J connectivity index is 2.70. The zero-order chi connectivity index (χ0) is 7.28. The molecule has 4 heteroatoms. The van der Waals surface area contributed by atoms with Gasteiger partial charge in [-0.05, 0) is 17.2 Å². The Morgan fingerprint density at radius 1 is 1.33 bits per heavy atom. The summed E-state index contributed by atoms with van der Waals surface area (Å²) in [6.45, 7) is 2.28. The standard InChI is InChI=1S/C5H14P4/c1-4(7)2-3(6)5(4,8)9/h3H,2,6-9H2,1H3. The molecule has 0 nitrogen and oxygen atoms in total. The minimum absolute atomic E-state index is 0.336. The lowest BCUT2D eigenvalue weighted by molar-refractivity contribution is 0.388. The molecule has 0 aliphatic heterocycles. The minimum Gasteiger partial charge on any atom is -0.133 e. The number of rotatable bonds is 0. The summed E-state index contributed by atoms with van der Waals surface area (Å²) in [6.07, 6.45) is 1.29. The molecule has 0 saturated heterocycles.